The SMILES string of the molecule is O=C(O)c1ccc(CNC(=O)c2ccccc2Cl)cc1. The lowest BCUT2D eigenvalue weighted by molar-refractivity contribution is 0.0696. The minimum Gasteiger partial charge on any atom is -0.478 e. The van der Waals surface area contributed by atoms with Crippen molar-refractivity contribution in [1.82, 2.24) is 5.32 Å². The zero-order chi connectivity index (χ0) is 14.5. The molecular weight excluding hydrogens is 278 g/mol. The van der Waals surface area contributed by atoms with Crippen molar-refractivity contribution in [3.05, 3.63) is 70.2 Å². The molecule has 0 heterocycles. The summed E-state index contributed by atoms with van der Waals surface area (Å²) in [7, 11) is 0. The van der Waals surface area contributed by atoms with E-state index in [9.17, 15) is 9.59 Å². The summed E-state index contributed by atoms with van der Waals surface area (Å²) in [6.45, 7) is 0.309. The molecule has 0 radical (unpaired) electrons. The number of hydrogen-bond donors (Lipinski definition) is 2. The van der Waals surface area contributed by atoms with Gasteiger partial charge in [-0.05, 0) is 29.8 Å². The number of carbonyl (C=O) groups excluding carboxylic acids is 1. The number of aromatic carboxylic acids is 1. The zero-order valence-corrected chi connectivity index (χ0v) is 11.2. The molecular formula is C15H12ClNO3. The van der Waals surface area contributed by atoms with Crippen LogP contribution in [0.5, 0.6) is 0 Å². The van der Waals surface area contributed by atoms with Gasteiger partial charge in [0, 0.05) is 6.54 Å². The van der Waals surface area contributed by atoms with E-state index in [1.807, 2.05) is 0 Å². The van der Waals surface area contributed by atoms with Crippen LogP contribution in [0.25, 0.3) is 0 Å². The van der Waals surface area contributed by atoms with E-state index >= 15 is 0 Å². The molecule has 2 N–H and O–H groups in total. The fourth-order valence-corrected chi connectivity index (χ4v) is 1.91. The molecule has 0 aliphatic carbocycles. The van der Waals surface area contributed by atoms with E-state index in [1.54, 1.807) is 36.4 Å². The van der Waals surface area contributed by atoms with E-state index in [0.717, 1.165) is 5.56 Å². The lowest BCUT2D eigenvalue weighted by Gasteiger charge is -2.07. The van der Waals surface area contributed by atoms with E-state index in [0.29, 0.717) is 17.1 Å². The van der Waals surface area contributed by atoms with Crippen LogP contribution in [-0.4, -0.2) is 17.0 Å². The van der Waals surface area contributed by atoms with Gasteiger partial charge in [-0.15, -0.1) is 0 Å². The van der Waals surface area contributed by atoms with Gasteiger partial charge in [0.15, 0.2) is 0 Å². The molecule has 4 nitrogen and oxygen atoms in total. The summed E-state index contributed by atoms with van der Waals surface area (Å²) in [6.07, 6.45) is 0. The minimum atomic E-state index is -0.975. The maximum absolute atomic E-state index is 11.9. The van der Waals surface area contributed by atoms with Crippen molar-refractivity contribution in [3.63, 3.8) is 0 Å². The quantitative estimate of drug-likeness (QED) is 0.909. The molecule has 0 spiro atoms. The molecule has 0 fully saturated rings. The topological polar surface area (TPSA) is 66.4 Å². The number of rotatable bonds is 4. The van der Waals surface area contributed by atoms with Crippen molar-refractivity contribution in [3.8, 4) is 0 Å². The van der Waals surface area contributed by atoms with Crippen LogP contribution >= 0.6 is 11.6 Å². The third kappa shape index (κ3) is 3.36. The highest BCUT2D eigenvalue weighted by atomic mass is 35.5. The lowest BCUT2D eigenvalue weighted by Crippen LogP contribution is -2.23. The van der Waals surface area contributed by atoms with Crippen molar-refractivity contribution in [2.45, 2.75) is 6.54 Å². The fourth-order valence-electron chi connectivity index (χ4n) is 1.69. The fraction of sp³-hybridized carbons (Fsp3) is 0.0667. The van der Waals surface area contributed by atoms with E-state index < -0.39 is 5.97 Å². The second-order valence-electron chi connectivity index (χ2n) is 4.16. The van der Waals surface area contributed by atoms with Gasteiger partial charge in [-0.1, -0.05) is 35.9 Å². The van der Waals surface area contributed by atoms with Crippen molar-refractivity contribution in [2.75, 3.05) is 0 Å². The first-order valence-electron chi connectivity index (χ1n) is 5.93. The van der Waals surface area contributed by atoms with Crippen molar-refractivity contribution < 1.29 is 14.7 Å². The number of nitrogens with one attached hydrogen (secondary N) is 1. The highest BCUT2D eigenvalue weighted by Crippen LogP contribution is 2.14. The Kier molecular flexibility index (Phi) is 4.38. The second-order valence-corrected chi connectivity index (χ2v) is 4.57. The third-order valence-corrected chi connectivity index (χ3v) is 3.10. The molecule has 0 saturated carbocycles. The number of hydrogen-bond acceptors (Lipinski definition) is 2. The lowest BCUT2D eigenvalue weighted by atomic mass is 10.1. The average molecular weight is 290 g/mol. The van der Waals surface area contributed by atoms with Gasteiger partial charge in [-0.25, -0.2) is 4.79 Å². The molecule has 0 aliphatic rings. The summed E-state index contributed by atoms with van der Waals surface area (Å²) in [4.78, 5) is 22.6. The average Bonchev–Trinajstić information content (AvgIpc) is 2.45. The minimum absolute atomic E-state index is 0.214. The van der Waals surface area contributed by atoms with Gasteiger partial charge in [-0.2, -0.15) is 0 Å². The first kappa shape index (κ1) is 14.1. The Hall–Kier alpha value is -2.33. The molecule has 2 aromatic carbocycles. The standard InChI is InChI=1S/C15H12ClNO3/c16-13-4-2-1-3-12(13)14(18)17-9-10-5-7-11(8-6-10)15(19)20/h1-8H,9H2,(H,17,18)(H,19,20). The van der Waals surface area contributed by atoms with Crippen LogP contribution in [0.2, 0.25) is 5.02 Å². The molecule has 2 aromatic rings. The molecule has 0 unspecified atom stereocenters. The Morgan fingerprint density at radius 2 is 1.70 bits per heavy atom. The zero-order valence-electron chi connectivity index (χ0n) is 10.5. The van der Waals surface area contributed by atoms with Crippen LogP contribution in [0.15, 0.2) is 48.5 Å². The van der Waals surface area contributed by atoms with Crippen molar-refractivity contribution >= 4 is 23.5 Å². The van der Waals surface area contributed by atoms with Gasteiger partial charge < -0.3 is 10.4 Å². The molecule has 20 heavy (non-hydrogen) atoms. The van der Waals surface area contributed by atoms with Crippen LogP contribution in [0, 0.1) is 0 Å². The number of benzene rings is 2. The highest BCUT2D eigenvalue weighted by molar-refractivity contribution is 6.33. The Morgan fingerprint density at radius 1 is 1.05 bits per heavy atom. The number of carboxylic acids is 1. The van der Waals surface area contributed by atoms with Crippen LogP contribution < -0.4 is 5.32 Å². The second kappa shape index (κ2) is 6.21. The smallest absolute Gasteiger partial charge is 0.335 e. The summed E-state index contributed by atoms with van der Waals surface area (Å²) in [5.41, 5.74) is 1.44. The predicted octanol–water partition coefficient (Wildman–Crippen LogP) is 2.97. The Balaban J connectivity index is 2.00. The summed E-state index contributed by atoms with van der Waals surface area (Å²) in [6, 6.07) is 13.1. The molecule has 2 rings (SSSR count). The summed E-state index contributed by atoms with van der Waals surface area (Å²) in [5, 5.41) is 11.9. The number of halogens is 1. The first-order valence-corrected chi connectivity index (χ1v) is 6.30. The Bertz CT molecular complexity index is 638. The van der Waals surface area contributed by atoms with Gasteiger partial charge >= 0.3 is 5.97 Å². The summed E-state index contributed by atoms with van der Waals surface area (Å²) in [5.74, 6) is -1.24. The Labute approximate surface area is 121 Å². The molecule has 0 atom stereocenters. The van der Waals surface area contributed by atoms with E-state index in [-0.39, 0.29) is 11.5 Å². The molecule has 5 heteroatoms. The van der Waals surface area contributed by atoms with Gasteiger partial charge in [0.2, 0.25) is 0 Å². The third-order valence-electron chi connectivity index (χ3n) is 2.77. The summed E-state index contributed by atoms with van der Waals surface area (Å²) >= 11 is 5.93. The first-order chi connectivity index (χ1) is 9.58. The predicted molar refractivity (Wildman–Crippen MR) is 76.0 cm³/mol. The van der Waals surface area contributed by atoms with Crippen LogP contribution in [0.1, 0.15) is 26.3 Å². The highest BCUT2D eigenvalue weighted by Gasteiger charge is 2.09. The van der Waals surface area contributed by atoms with Crippen LogP contribution in [0.4, 0.5) is 0 Å². The van der Waals surface area contributed by atoms with E-state index in [4.69, 9.17) is 16.7 Å². The van der Waals surface area contributed by atoms with Crippen LogP contribution in [0.3, 0.4) is 0 Å². The van der Waals surface area contributed by atoms with Gasteiger partial charge in [0.25, 0.3) is 5.91 Å². The molecule has 0 saturated heterocycles. The van der Waals surface area contributed by atoms with Crippen molar-refractivity contribution in [2.24, 2.45) is 0 Å². The van der Waals surface area contributed by atoms with Gasteiger partial charge in [-0.3, -0.25) is 4.79 Å². The molecule has 1 amide bonds. The maximum atomic E-state index is 11.9. The molecule has 0 bridgehead atoms. The maximum Gasteiger partial charge on any atom is 0.335 e. The monoisotopic (exact) mass is 289 g/mol. The Morgan fingerprint density at radius 3 is 2.30 bits per heavy atom. The van der Waals surface area contributed by atoms with Gasteiger partial charge in [0.1, 0.15) is 0 Å². The number of amides is 1. The van der Waals surface area contributed by atoms with Crippen LogP contribution in [-0.2, 0) is 6.54 Å². The number of carbonyl (C=O) groups is 2. The molecule has 102 valence electrons. The van der Waals surface area contributed by atoms with E-state index in [1.165, 1.54) is 12.1 Å². The largest absolute Gasteiger partial charge is 0.478 e. The number of carboxylic acid groups (broad SMARTS) is 1. The van der Waals surface area contributed by atoms with E-state index in [2.05, 4.69) is 5.32 Å². The van der Waals surface area contributed by atoms with Gasteiger partial charge in [0.05, 0.1) is 16.1 Å². The molecule has 0 aliphatic heterocycles. The normalized spacial score (nSPS) is 10.1. The molecule has 0 aromatic heterocycles. The summed E-state index contributed by atoms with van der Waals surface area (Å²) < 4.78 is 0. The van der Waals surface area contributed by atoms with Crippen molar-refractivity contribution in [1.29, 1.82) is 0 Å².